The molecule has 7 heteroatoms. The average molecular weight is 294 g/mol. The molecule has 2 aromatic rings. The number of anilines is 1. The number of amides is 2. The van der Waals surface area contributed by atoms with Crippen LogP contribution < -0.4 is 11.1 Å². The molecule has 1 aromatic heterocycles. The molecule has 0 aliphatic carbocycles. The summed E-state index contributed by atoms with van der Waals surface area (Å²) in [4.78, 5) is 23.7. The standard InChI is InChI=1S/C13H11FN2O3S/c14-8-3-4-11(9(15)6-8)20-7-12(17)16-13(18)10-2-1-5-19-10/h1-6H,7,15H2,(H,16,17,18). The van der Waals surface area contributed by atoms with Crippen molar-refractivity contribution in [3.63, 3.8) is 0 Å². The highest BCUT2D eigenvalue weighted by atomic mass is 32.2. The number of carbonyl (C=O) groups is 2. The first-order valence-corrected chi connectivity index (χ1v) is 6.60. The van der Waals surface area contributed by atoms with E-state index < -0.39 is 17.6 Å². The maximum Gasteiger partial charge on any atom is 0.293 e. The van der Waals surface area contributed by atoms with E-state index >= 15 is 0 Å². The van der Waals surface area contributed by atoms with Crippen LogP contribution in [0, 0.1) is 5.82 Å². The molecule has 0 fully saturated rings. The van der Waals surface area contributed by atoms with E-state index in [1.807, 2.05) is 0 Å². The summed E-state index contributed by atoms with van der Waals surface area (Å²) in [6, 6.07) is 6.91. The Kier molecular flexibility index (Phi) is 4.41. The number of nitrogen functional groups attached to an aromatic ring is 1. The minimum Gasteiger partial charge on any atom is -0.459 e. The van der Waals surface area contributed by atoms with Crippen molar-refractivity contribution in [2.24, 2.45) is 0 Å². The number of furan rings is 1. The van der Waals surface area contributed by atoms with Gasteiger partial charge < -0.3 is 10.2 Å². The van der Waals surface area contributed by atoms with Crippen LogP contribution in [0.3, 0.4) is 0 Å². The molecular formula is C13H11FN2O3S. The van der Waals surface area contributed by atoms with Gasteiger partial charge in [-0.25, -0.2) is 4.39 Å². The maximum absolute atomic E-state index is 12.9. The summed E-state index contributed by atoms with van der Waals surface area (Å²) in [7, 11) is 0. The summed E-state index contributed by atoms with van der Waals surface area (Å²) in [5.41, 5.74) is 5.86. The maximum atomic E-state index is 12.9. The van der Waals surface area contributed by atoms with Crippen molar-refractivity contribution in [1.29, 1.82) is 0 Å². The summed E-state index contributed by atoms with van der Waals surface area (Å²) in [5.74, 6) is -1.48. The first-order chi connectivity index (χ1) is 9.56. The summed E-state index contributed by atoms with van der Waals surface area (Å²) in [6.07, 6.45) is 1.34. The van der Waals surface area contributed by atoms with E-state index in [0.717, 1.165) is 11.8 Å². The van der Waals surface area contributed by atoms with Crippen molar-refractivity contribution in [2.75, 3.05) is 11.5 Å². The number of nitrogens with two attached hydrogens (primary N) is 1. The van der Waals surface area contributed by atoms with Gasteiger partial charge in [0.15, 0.2) is 5.76 Å². The molecule has 0 atom stereocenters. The first-order valence-electron chi connectivity index (χ1n) is 5.62. The Morgan fingerprint density at radius 2 is 2.15 bits per heavy atom. The molecule has 20 heavy (non-hydrogen) atoms. The Morgan fingerprint density at radius 1 is 1.35 bits per heavy atom. The first kappa shape index (κ1) is 14.1. The Bertz CT molecular complexity index is 629. The van der Waals surface area contributed by atoms with Gasteiger partial charge in [-0.3, -0.25) is 14.9 Å². The molecule has 2 amide bonds. The molecule has 0 aliphatic rings. The van der Waals surface area contributed by atoms with E-state index in [2.05, 4.69) is 5.32 Å². The fourth-order valence-corrected chi connectivity index (χ4v) is 2.17. The van der Waals surface area contributed by atoms with Gasteiger partial charge in [0, 0.05) is 10.6 Å². The lowest BCUT2D eigenvalue weighted by Gasteiger charge is -2.05. The van der Waals surface area contributed by atoms with Crippen molar-refractivity contribution >= 4 is 29.3 Å². The van der Waals surface area contributed by atoms with Crippen molar-refractivity contribution in [3.8, 4) is 0 Å². The highest BCUT2D eigenvalue weighted by Gasteiger charge is 2.13. The Hall–Kier alpha value is -2.28. The Labute approximate surface area is 118 Å². The lowest BCUT2D eigenvalue weighted by Crippen LogP contribution is -2.31. The summed E-state index contributed by atoms with van der Waals surface area (Å²) >= 11 is 1.12. The van der Waals surface area contributed by atoms with Gasteiger partial charge in [-0.2, -0.15) is 0 Å². The molecule has 104 valence electrons. The lowest BCUT2D eigenvalue weighted by molar-refractivity contribution is -0.117. The van der Waals surface area contributed by atoms with E-state index in [4.69, 9.17) is 10.2 Å². The molecule has 0 unspecified atom stereocenters. The molecule has 0 radical (unpaired) electrons. The van der Waals surface area contributed by atoms with Crippen LogP contribution in [0.15, 0.2) is 45.9 Å². The molecule has 0 bridgehead atoms. The zero-order valence-electron chi connectivity index (χ0n) is 10.3. The van der Waals surface area contributed by atoms with Gasteiger partial charge in [0.2, 0.25) is 5.91 Å². The Morgan fingerprint density at radius 3 is 2.80 bits per heavy atom. The smallest absolute Gasteiger partial charge is 0.293 e. The third-order valence-corrected chi connectivity index (χ3v) is 3.42. The predicted octanol–water partition coefficient (Wildman–Crippen LogP) is 2.05. The molecule has 0 saturated heterocycles. The highest BCUT2D eigenvalue weighted by molar-refractivity contribution is 8.00. The summed E-state index contributed by atoms with van der Waals surface area (Å²) < 4.78 is 17.7. The third-order valence-electron chi connectivity index (χ3n) is 2.33. The number of hydrogen-bond donors (Lipinski definition) is 2. The van der Waals surface area contributed by atoms with Crippen LogP contribution in [0.4, 0.5) is 10.1 Å². The number of carbonyl (C=O) groups excluding carboxylic acids is 2. The van der Waals surface area contributed by atoms with Crippen LogP contribution in [0.5, 0.6) is 0 Å². The number of nitrogens with one attached hydrogen (secondary N) is 1. The van der Waals surface area contributed by atoms with E-state index in [1.54, 1.807) is 6.07 Å². The van der Waals surface area contributed by atoms with Crippen molar-refractivity contribution in [1.82, 2.24) is 5.32 Å². The van der Waals surface area contributed by atoms with Gasteiger partial charge in [0.25, 0.3) is 5.91 Å². The van der Waals surface area contributed by atoms with Gasteiger partial charge in [-0.1, -0.05) is 0 Å². The van der Waals surface area contributed by atoms with Crippen LogP contribution in [-0.2, 0) is 4.79 Å². The number of benzene rings is 1. The fraction of sp³-hybridized carbons (Fsp3) is 0.0769. The van der Waals surface area contributed by atoms with E-state index in [9.17, 15) is 14.0 Å². The number of halogens is 1. The van der Waals surface area contributed by atoms with Crippen LogP contribution >= 0.6 is 11.8 Å². The normalized spacial score (nSPS) is 10.2. The Balaban J connectivity index is 1.88. The van der Waals surface area contributed by atoms with Crippen LogP contribution in [0.1, 0.15) is 10.6 Å². The summed E-state index contributed by atoms with van der Waals surface area (Å²) in [6.45, 7) is 0. The molecule has 1 heterocycles. The average Bonchev–Trinajstić information content (AvgIpc) is 2.91. The van der Waals surface area contributed by atoms with Crippen LogP contribution in [0.2, 0.25) is 0 Å². The molecule has 5 nitrogen and oxygen atoms in total. The van der Waals surface area contributed by atoms with Crippen molar-refractivity contribution in [3.05, 3.63) is 48.2 Å². The monoisotopic (exact) mass is 294 g/mol. The number of rotatable bonds is 4. The second kappa shape index (κ2) is 6.25. The van der Waals surface area contributed by atoms with Gasteiger partial charge in [0.1, 0.15) is 5.82 Å². The number of thioether (sulfide) groups is 1. The molecule has 1 aromatic carbocycles. The van der Waals surface area contributed by atoms with Gasteiger partial charge in [-0.05, 0) is 30.3 Å². The number of hydrogen-bond acceptors (Lipinski definition) is 5. The zero-order valence-corrected chi connectivity index (χ0v) is 11.1. The van der Waals surface area contributed by atoms with Gasteiger partial charge >= 0.3 is 0 Å². The molecular weight excluding hydrogens is 283 g/mol. The largest absolute Gasteiger partial charge is 0.459 e. The predicted molar refractivity (Wildman–Crippen MR) is 72.7 cm³/mol. The molecule has 2 rings (SSSR count). The van der Waals surface area contributed by atoms with Crippen LogP contribution in [-0.4, -0.2) is 17.6 Å². The van der Waals surface area contributed by atoms with Gasteiger partial charge in [0.05, 0.1) is 12.0 Å². The van der Waals surface area contributed by atoms with Crippen molar-refractivity contribution in [2.45, 2.75) is 4.90 Å². The molecule has 3 N–H and O–H groups in total. The van der Waals surface area contributed by atoms with E-state index in [-0.39, 0.29) is 17.2 Å². The highest BCUT2D eigenvalue weighted by Crippen LogP contribution is 2.25. The molecule has 0 aliphatic heterocycles. The minimum absolute atomic E-state index is 0.0116. The quantitative estimate of drug-likeness (QED) is 0.666. The molecule has 0 spiro atoms. The summed E-state index contributed by atoms with van der Waals surface area (Å²) in [5, 5.41) is 2.18. The molecule has 0 saturated carbocycles. The zero-order chi connectivity index (χ0) is 14.5. The van der Waals surface area contributed by atoms with Crippen molar-refractivity contribution < 1.29 is 18.4 Å². The van der Waals surface area contributed by atoms with E-state index in [1.165, 1.54) is 30.5 Å². The minimum atomic E-state index is -0.604. The van der Waals surface area contributed by atoms with Gasteiger partial charge in [-0.15, -0.1) is 11.8 Å². The SMILES string of the molecule is Nc1cc(F)ccc1SCC(=O)NC(=O)c1ccco1. The van der Waals surface area contributed by atoms with E-state index in [0.29, 0.717) is 4.90 Å². The topological polar surface area (TPSA) is 85.3 Å². The number of imide groups is 1. The third kappa shape index (κ3) is 3.61. The lowest BCUT2D eigenvalue weighted by atomic mass is 10.3. The fourth-order valence-electron chi connectivity index (χ4n) is 1.43. The second-order valence-corrected chi connectivity index (χ2v) is 4.84. The van der Waals surface area contributed by atoms with Crippen LogP contribution in [0.25, 0.3) is 0 Å². The second-order valence-electron chi connectivity index (χ2n) is 3.83.